The van der Waals surface area contributed by atoms with Crippen LogP contribution in [0.5, 0.6) is 0 Å². The van der Waals surface area contributed by atoms with Crippen LogP contribution in [0.15, 0.2) is 24.3 Å². The number of Topliss-reactive ketones (excluding diaryl/α,β-unsaturated/α-hetero) is 1. The molecule has 1 unspecified atom stereocenters. The van der Waals surface area contributed by atoms with Crippen LogP contribution in [0, 0.1) is 5.92 Å². The van der Waals surface area contributed by atoms with E-state index in [9.17, 15) is 4.79 Å². The molecule has 1 aromatic carbocycles. The molecule has 0 radical (unpaired) electrons. The van der Waals surface area contributed by atoms with Gasteiger partial charge in [0.2, 0.25) is 0 Å². The van der Waals surface area contributed by atoms with Crippen LogP contribution in [0.4, 0.5) is 0 Å². The lowest BCUT2D eigenvalue weighted by molar-refractivity contribution is -0.132. The van der Waals surface area contributed by atoms with Gasteiger partial charge in [-0.3, -0.25) is 4.79 Å². The topological polar surface area (TPSA) is 26.3 Å². The molecule has 20 heavy (non-hydrogen) atoms. The van der Waals surface area contributed by atoms with Crippen LogP contribution in [0.25, 0.3) is 0 Å². The zero-order valence-corrected chi connectivity index (χ0v) is 13.7. The first-order chi connectivity index (χ1) is 9.25. The van der Waals surface area contributed by atoms with Gasteiger partial charge in [-0.1, -0.05) is 58.9 Å². The van der Waals surface area contributed by atoms with Crippen LogP contribution >= 0.6 is 0 Å². The number of ketones is 1. The first-order valence-electron chi connectivity index (χ1n) is 7.49. The summed E-state index contributed by atoms with van der Waals surface area (Å²) in [6.45, 7) is 13.1. The number of hydrogen-bond acceptors (Lipinski definition) is 2. The molecule has 1 atom stereocenters. The van der Waals surface area contributed by atoms with Crippen molar-refractivity contribution in [2.45, 2.75) is 59.5 Å². The Morgan fingerprint density at radius 1 is 1.15 bits per heavy atom. The van der Waals surface area contributed by atoms with Gasteiger partial charge in [0, 0.05) is 13.0 Å². The maximum Gasteiger partial charge on any atom is 0.166 e. The van der Waals surface area contributed by atoms with Crippen LogP contribution in [0.1, 0.15) is 52.7 Å². The van der Waals surface area contributed by atoms with Crippen molar-refractivity contribution >= 4 is 5.78 Å². The summed E-state index contributed by atoms with van der Waals surface area (Å²) in [5.74, 6) is 0.390. The monoisotopic (exact) mass is 276 g/mol. The van der Waals surface area contributed by atoms with Gasteiger partial charge in [-0.05, 0) is 29.4 Å². The molecular weight excluding hydrogens is 248 g/mol. The predicted octanol–water partition coefficient (Wildman–Crippen LogP) is 4.16. The Bertz CT molecular complexity index is 424. The van der Waals surface area contributed by atoms with Crippen LogP contribution in [0.2, 0.25) is 0 Å². The third-order valence-corrected chi connectivity index (χ3v) is 3.47. The summed E-state index contributed by atoms with van der Waals surface area (Å²) in [5, 5.41) is 0. The summed E-state index contributed by atoms with van der Waals surface area (Å²) < 4.78 is 5.57. The number of ether oxygens (including phenoxy) is 1. The molecule has 0 bridgehead atoms. The zero-order chi connectivity index (χ0) is 15.3. The van der Waals surface area contributed by atoms with Gasteiger partial charge >= 0.3 is 0 Å². The van der Waals surface area contributed by atoms with E-state index in [1.807, 2.05) is 20.8 Å². The second kappa shape index (κ2) is 7.03. The number of carbonyl (C=O) groups excluding carboxylic acids is 1. The van der Waals surface area contributed by atoms with E-state index in [2.05, 4.69) is 45.0 Å². The first-order valence-corrected chi connectivity index (χ1v) is 7.49. The lowest BCUT2D eigenvalue weighted by atomic mass is 9.86. The summed E-state index contributed by atoms with van der Waals surface area (Å²) in [4.78, 5) is 12.3. The van der Waals surface area contributed by atoms with Gasteiger partial charge in [-0.2, -0.15) is 0 Å². The van der Waals surface area contributed by atoms with Crippen LogP contribution in [-0.2, 0) is 21.4 Å². The zero-order valence-electron chi connectivity index (χ0n) is 13.7. The summed E-state index contributed by atoms with van der Waals surface area (Å²) in [5.41, 5.74) is 2.50. The van der Waals surface area contributed by atoms with E-state index >= 15 is 0 Å². The molecule has 0 N–H and O–H groups in total. The molecule has 0 fully saturated rings. The van der Waals surface area contributed by atoms with Crippen molar-refractivity contribution in [3.05, 3.63) is 35.4 Å². The molecule has 2 heteroatoms. The van der Waals surface area contributed by atoms with Crippen LogP contribution in [0.3, 0.4) is 0 Å². The van der Waals surface area contributed by atoms with Crippen molar-refractivity contribution < 1.29 is 9.53 Å². The standard InChI is InChI=1S/C18H28O2/c1-7-20-17(13(2)3)16(19)12-14-8-10-15(11-9-14)18(4,5)6/h8-11,13,17H,7,12H2,1-6H3. The average Bonchev–Trinajstić information content (AvgIpc) is 2.34. The number of benzene rings is 1. The fraction of sp³-hybridized carbons (Fsp3) is 0.611. The molecule has 1 rings (SSSR count). The van der Waals surface area contributed by atoms with Gasteiger partial charge in [0.1, 0.15) is 6.10 Å². The van der Waals surface area contributed by atoms with E-state index in [0.717, 1.165) is 5.56 Å². The quantitative estimate of drug-likeness (QED) is 0.780. The second-order valence-corrected chi connectivity index (χ2v) is 6.71. The van der Waals surface area contributed by atoms with E-state index in [-0.39, 0.29) is 23.2 Å². The van der Waals surface area contributed by atoms with Gasteiger partial charge in [0.15, 0.2) is 5.78 Å². The smallest absolute Gasteiger partial charge is 0.166 e. The maximum absolute atomic E-state index is 12.3. The SMILES string of the molecule is CCOC(C(=O)Cc1ccc(C(C)(C)C)cc1)C(C)C. The molecule has 0 aromatic heterocycles. The number of rotatable bonds is 6. The minimum absolute atomic E-state index is 0.147. The summed E-state index contributed by atoms with van der Waals surface area (Å²) in [6, 6.07) is 8.35. The van der Waals surface area contributed by atoms with Crippen molar-refractivity contribution in [3.8, 4) is 0 Å². The van der Waals surface area contributed by atoms with Crippen molar-refractivity contribution in [2.24, 2.45) is 5.92 Å². The lowest BCUT2D eigenvalue weighted by Gasteiger charge is -2.21. The molecule has 0 heterocycles. The molecular formula is C18H28O2. The average molecular weight is 276 g/mol. The molecule has 0 aliphatic carbocycles. The van der Waals surface area contributed by atoms with E-state index in [1.165, 1.54) is 5.56 Å². The fourth-order valence-electron chi connectivity index (χ4n) is 2.26. The van der Waals surface area contributed by atoms with E-state index < -0.39 is 0 Å². The maximum atomic E-state index is 12.3. The van der Waals surface area contributed by atoms with Gasteiger partial charge in [-0.25, -0.2) is 0 Å². The highest BCUT2D eigenvalue weighted by Gasteiger charge is 2.22. The molecule has 0 aliphatic rings. The third kappa shape index (κ3) is 4.75. The van der Waals surface area contributed by atoms with Gasteiger partial charge < -0.3 is 4.74 Å². The largest absolute Gasteiger partial charge is 0.370 e. The Kier molecular flexibility index (Phi) is 5.94. The number of carbonyl (C=O) groups is 1. The summed E-state index contributed by atoms with van der Waals surface area (Å²) >= 11 is 0. The van der Waals surface area contributed by atoms with E-state index in [0.29, 0.717) is 13.0 Å². The van der Waals surface area contributed by atoms with Crippen molar-refractivity contribution in [2.75, 3.05) is 6.61 Å². The summed E-state index contributed by atoms with van der Waals surface area (Å²) in [7, 11) is 0. The predicted molar refractivity (Wildman–Crippen MR) is 84.1 cm³/mol. The van der Waals surface area contributed by atoms with Crippen molar-refractivity contribution in [1.82, 2.24) is 0 Å². The minimum Gasteiger partial charge on any atom is -0.370 e. The second-order valence-electron chi connectivity index (χ2n) is 6.71. The number of hydrogen-bond donors (Lipinski definition) is 0. The Balaban J connectivity index is 2.75. The third-order valence-electron chi connectivity index (χ3n) is 3.47. The lowest BCUT2D eigenvalue weighted by Crippen LogP contribution is -2.31. The molecule has 0 aliphatic heterocycles. The Hall–Kier alpha value is -1.15. The van der Waals surface area contributed by atoms with Crippen LogP contribution in [-0.4, -0.2) is 18.5 Å². The highest BCUT2D eigenvalue weighted by molar-refractivity contribution is 5.85. The Morgan fingerprint density at radius 2 is 1.70 bits per heavy atom. The van der Waals surface area contributed by atoms with Gasteiger partial charge in [-0.15, -0.1) is 0 Å². The first kappa shape index (κ1) is 16.9. The normalized spacial score (nSPS) is 13.6. The minimum atomic E-state index is -0.290. The van der Waals surface area contributed by atoms with Crippen molar-refractivity contribution in [3.63, 3.8) is 0 Å². The Labute approximate surface area is 123 Å². The fourth-order valence-corrected chi connectivity index (χ4v) is 2.26. The molecule has 0 saturated carbocycles. The summed E-state index contributed by atoms with van der Waals surface area (Å²) in [6.07, 6.45) is 0.162. The molecule has 0 spiro atoms. The van der Waals surface area contributed by atoms with Gasteiger partial charge in [0.05, 0.1) is 0 Å². The van der Waals surface area contributed by atoms with Crippen LogP contribution < -0.4 is 0 Å². The molecule has 1 aromatic rings. The van der Waals surface area contributed by atoms with Gasteiger partial charge in [0.25, 0.3) is 0 Å². The molecule has 0 saturated heterocycles. The van der Waals surface area contributed by atoms with Crippen molar-refractivity contribution in [1.29, 1.82) is 0 Å². The molecule has 0 amide bonds. The highest BCUT2D eigenvalue weighted by atomic mass is 16.5. The highest BCUT2D eigenvalue weighted by Crippen LogP contribution is 2.22. The van der Waals surface area contributed by atoms with E-state index in [1.54, 1.807) is 0 Å². The molecule has 112 valence electrons. The Morgan fingerprint density at radius 3 is 2.10 bits per heavy atom. The molecule has 2 nitrogen and oxygen atoms in total. The van der Waals surface area contributed by atoms with E-state index in [4.69, 9.17) is 4.74 Å².